The van der Waals surface area contributed by atoms with Crippen LogP contribution in [0.3, 0.4) is 0 Å². The normalized spacial score (nSPS) is 10.1. The Morgan fingerprint density at radius 1 is 1.40 bits per heavy atom. The van der Waals surface area contributed by atoms with Gasteiger partial charge in [0.2, 0.25) is 0 Å². The molecule has 2 rings (SSSR count). The van der Waals surface area contributed by atoms with Gasteiger partial charge in [-0.15, -0.1) is 0 Å². The van der Waals surface area contributed by atoms with E-state index in [1.165, 1.54) is 18.2 Å². The van der Waals surface area contributed by atoms with Gasteiger partial charge in [0.05, 0.1) is 9.40 Å². The maximum Gasteiger partial charge on any atom is 0.284 e. The van der Waals surface area contributed by atoms with E-state index in [2.05, 4.69) is 26.2 Å². The number of halogens is 1. The molecule has 1 heterocycles. The van der Waals surface area contributed by atoms with Gasteiger partial charge in [0.1, 0.15) is 5.82 Å². The number of nitro groups is 1. The van der Waals surface area contributed by atoms with Crippen molar-refractivity contribution in [2.45, 2.75) is 6.92 Å². The van der Waals surface area contributed by atoms with Crippen LogP contribution in [0.2, 0.25) is 0 Å². The summed E-state index contributed by atoms with van der Waals surface area (Å²) in [5.41, 5.74) is 0.854. The van der Waals surface area contributed by atoms with Crippen LogP contribution in [0.15, 0.2) is 41.0 Å². The van der Waals surface area contributed by atoms with Gasteiger partial charge in [-0.25, -0.2) is 4.98 Å². The Hall–Kier alpha value is -2.28. The summed E-state index contributed by atoms with van der Waals surface area (Å²) in [4.78, 5) is 26.4. The highest BCUT2D eigenvalue weighted by Gasteiger charge is 2.16. The summed E-state index contributed by atoms with van der Waals surface area (Å²) in [6, 6.07) is 7.77. The Labute approximate surface area is 123 Å². The van der Waals surface area contributed by atoms with Crippen molar-refractivity contribution in [1.29, 1.82) is 0 Å². The number of anilines is 1. The number of aromatic nitrogens is 1. The van der Waals surface area contributed by atoms with Crippen LogP contribution in [-0.2, 0) is 0 Å². The summed E-state index contributed by atoms with van der Waals surface area (Å²) in [6.07, 6.45) is 1.56. The number of nitro benzene ring substituents is 1. The van der Waals surface area contributed by atoms with Gasteiger partial charge in [-0.1, -0.05) is 6.07 Å². The Morgan fingerprint density at radius 2 is 2.15 bits per heavy atom. The molecule has 0 atom stereocenters. The largest absolute Gasteiger partial charge is 0.306 e. The highest BCUT2D eigenvalue weighted by atomic mass is 79.9. The highest BCUT2D eigenvalue weighted by Crippen LogP contribution is 2.26. The molecule has 0 bridgehead atoms. The van der Waals surface area contributed by atoms with Crippen molar-refractivity contribution < 1.29 is 9.72 Å². The molecule has 0 aliphatic carbocycles. The average Bonchev–Trinajstić information content (AvgIpc) is 2.41. The van der Waals surface area contributed by atoms with Gasteiger partial charge >= 0.3 is 0 Å². The molecule has 2 aromatic rings. The van der Waals surface area contributed by atoms with Crippen molar-refractivity contribution in [3.63, 3.8) is 0 Å². The highest BCUT2D eigenvalue weighted by molar-refractivity contribution is 9.10. The molecular weight excluding hydrogens is 326 g/mol. The number of nitrogens with one attached hydrogen (secondary N) is 1. The summed E-state index contributed by atoms with van der Waals surface area (Å²) in [5.74, 6) is -0.00882. The first kappa shape index (κ1) is 14.1. The van der Waals surface area contributed by atoms with Gasteiger partial charge in [-0.05, 0) is 46.6 Å². The van der Waals surface area contributed by atoms with Crippen LogP contribution in [0.4, 0.5) is 11.5 Å². The smallest absolute Gasteiger partial charge is 0.284 e. The minimum atomic E-state index is -0.549. The second-order valence-electron chi connectivity index (χ2n) is 4.05. The third-order valence-electron chi connectivity index (χ3n) is 2.65. The Balaban J connectivity index is 2.28. The van der Waals surface area contributed by atoms with E-state index in [4.69, 9.17) is 0 Å². The molecule has 0 spiro atoms. The lowest BCUT2D eigenvalue weighted by Crippen LogP contribution is -2.14. The van der Waals surface area contributed by atoms with Crippen LogP contribution in [-0.4, -0.2) is 15.8 Å². The standard InChI is InChI=1S/C13H10BrN3O3/c1-8-3-2-6-15-12(8)16-13(18)9-4-5-10(14)11(7-9)17(19)20/h2-7H,1H3,(H,15,16,18). The fourth-order valence-electron chi connectivity index (χ4n) is 1.59. The first-order chi connectivity index (χ1) is 9.49. The van der Waals surface area contributed by atoms with E-state index in [0.29, 0.717) is 10.3 Å². The SMILES string of the molecule is Cc1cccnc1NC(=O)c1ccc(Br)c([N+](=O)[O-])c1. The summed E-state index contributed by atoms with van der Waals surface area (Å²) in [5, 5.41) is 13.5. The Bertz CT molecular complexity index is 688. The number of aryl methyl sites for hydroxylation is 1. The molecule has 6 nitrogen and oxygen atoms in total. The van der Waals surface area contributed by atoms with E-state index in [-0.39, 0.29) is 11.3 Å². The number of benzene rings is 1. The van der Waals surface area contributed by atoms with Crippen molar-refractivity contribution in [3.05, 3.63) is 62.2 Å². The number of hydrogen-bond acceptors (Lipinski definition) is 4. The topological polar surface area (TPSA) is 85.1 Å². The zero-order valence-electron chi connectivity index (χ0n) is 10.5. The zero-order chi connectivity index (χ0) is 14.7. The summed E-state index contributed by atoms with van der Waals surface area (Å²) >= 11 is 3.07. The van der Waals surface area contributed by atoms with Crippen LogP contribution in [0.25, 0.3) is 0 Å². The second kappa shape index (κ2) is 5.79. The first-order valence-corrected chi connectivity index (χ1v) is 6.45. The van der Waals surface area contributed by atoms with Crippen LogP contribution in [0.1, 0.15) is 15.9 Å². The van der Waals surface area contributed by atoms with Gasteiger partial charge < -0.3 is 5.32 Å². The molecule has 20 heavy (non-hydrogen) atoms. The van der Waals surface area contributed by atoms with Crippen LogP contribution in [0.5, 0.6) is 0 Å². The fourth-order valence-corrected chi connectivity index (χ4v) is 1.98. The minimum Gasteiger partial charge on any atom is -0.306 e. The number of carbonyl (C=O) groups is 1. The number of nitrogens with zero attached hydrogens (tertiary/aromatic N) is 2. The number of carbonyl (C=O) groups excluding carboxylic acids is 1. The fraction of sp³-hybridized carbons (Fsp3) is 0.0769. The molecule has 1 aromatic carbocycles. The van der Waals surface area contributed by atoms with E-state index >= 15 is 0 Å². The van der Waals surface area contributed by atoms with Crippen LogP contribution >= 0.6 is 15.9 Å². The maximum absolute atomic E-state index is 12.1. The lowest BCUT2D eigenvalue weighted by molar-refractivity contribution is -0.385. The lowest BCUT2D eigenvalue weighted by Gasteiger charge is -2.07. The van der Waals surface area contributed by atoms with E-state index < -0.39 is 10.8 Å². The first-order valence-electron chi connectivity index (χ1n) is 5.66. The molecule has 0 radical (unpaired) electrons. The van der Waals surface area contributed by atoms with Crippen LogP contribution < -0.4 is 5.32 Å². The van der Waals surface area contributed by atoms with Gasteiger partial charge in [0, 0.05) is 17.8 Å². The van der Waals surface area contributed by atoms with E-state index in [1.54, 1.807) is 12.3 Å². The monoisotopic (exact) mass is 335 g/mol. The number of amides is 1. The average molecular weight is 336 g/mol. The Kier molecular flexibility index (Phi) is 4.09. The molecule has 0 aliphatic rings. The predicted octanol–water partition coefficient (Wildman–Crippen LogP) is 3.31. The van der Waals surface area contributed by atoms with Crippen LogP contribution in [0, 0.1) is 17.0 Å². The summed E-state index contributed by atoms with van der Waals surface area (Å²) in [6.45, 7) is 1.81. The maximum atomic E-state index is 12.1. The van der Waals surface area contributed by atoms with E-state index in [9.17, 15) is 14.9 Å². The van der Waals surface area contributed by atoms with Crippen molar-refractivity contribution in [2.24, 2.45) is 0 Å². The van der Waals surface area contributed by atoms with Gasteiger partial charge in [-0.2, -0.15) is 0 Å². The van der Waals surface area contributed by atoms with Crippen molar-refractivity contribution >= 4 is 33.3 Å². The molecule has 1 N–H and O–H groups in total. The van der Waals surface area contributed by atoms with E-state index in [0.717, 1.165) is 5.56 Å². The molecular formula is C13H10BrN3O3. The molecule has 1 amide bonds. The third kappa shape index (κ3) is 3.00. The van der Waals surface area contributed by atoms with Gasteiger partial charge in [0.25, 0.3) is 11.6 Å². The van der Waals surface area contributed by atoms with E-state index in [1.807, 2.05) is 13.0 Å². The summed E-state index contributed by atoms with van der Waals surface area (Å²) in [7, 11) is 0. The molecule has 0 aliphatic heterocycles. The lowest BCUT2D eigenvalue weighted by atomic mass is 10.2. The van der Waals surface area contributed by atoms with Crippen molar-refractivity contribution in [2.75, 3.05) is 5.32 Å². The number of pyridine rings is 1. The third-order valence-corrected chi connectivity index (χ3v) is 3.32. The number of hydrogen-bond donors (Lipinski definition) is 1. The Morgan fingerprint density at radius 3 is 2.80 bits per heavy atom. The summed E-state index contributed by atoms with van der Waals surface area (Å²) < 4.78 is 0.327. The molecule has 0 saturated heterocycles. The van der Waals surface area contributed by atoms with Crippen molar-refractivity contribution in [1.82, 2.24) is 4.98 Å². The molecule has 0 fully saturated rings. The van der Waals surface area contributed by atoms with Gasteiger partial charge in [0.15, 0.2) is 0 Å². The quantitative estimate of drug-likeness (QED) is 0.688. The molecule has 7 heteroatoms. The van der Waals surface area contributed by atoms with Gasteiger partial charge in [-0.3, -0.25) is 14.9 Å². The molecule has 102 valence electrons. The molecule has 1 aromatic heterocycles. The van der Waals surface area contributed by atoms with Crippen molar-refractivity contribution in [3.8, 4) is 0 Å². The second-order valence-corrected chi connectivity index (χ2v) is 4.90. The zero-order valence-corrected chi connectivity index (χ0v) is 12.0. The number of rotatable bonds is 3. The molecule has 0 saturated carbocycles. The molecule has 0 unspecified atom stereocenters. The minimum absolute atomic E-state index is 0.157. The predicted molar refractivity (Wildman–Crippen MR) is 77.7 cm³/mol.